The van der Waals surface area contributed by atoms with E-state index in [2.05, 4.69) is 0 Å². The van der Waals surface area contributed by atoms with Crippen LogP contribution in [0.5, 0.6) is 0 Å². The van der Waals surface area contributed by atoms with Crippen LogP contribution in [0.15, 0.2) is 0 Å². The second-order valence-corrected chi connectivity index (χ2v) is 4.95. The first kappa shape index (κ1) is 17.4. The Labute approximate surface area is 112 Å². The number of esters is 1. The zero-order chi connectivity index (χ0) is 13.5. The van der Waals surface area contributed by atoms with Gasteiger partial charge in [-0.15, -0.1) is 0 Å². The van der Waals surface area contributed by atoms with E-state index >= 15 is 0 Å². The van der Waals surface area contributed by atoms with E-state index in [9.17, 15) is 4.79 Å². The zero-order valence-electron chi connectivity index (χ0n) is 12.0. The number of unbranched alkanes of at least 4 members (excludes halogenated alkanes) is 10. The van der Waals surface area contributed by atoms with Crippen LogP contribution in [0.2, 0.25) is 0 Å². The number of rotatable bonds is 13. The predicted molar refractivity (Wildman–Crippen MR) is 74.5 cm³/mol. The van der Waals surface area contributed by atoms with Crippen LogP contribution in [0, 0.1) is 0 Å². The molecular weight excluding hydrogens is 228 g/mol. The van der Waals surface area contributed by atoms with Crippen molar-refractivity contribution in [2.45, 2.75) is 77.6 Å². The SMILES string of the molecule is CC(=O)OCCCCCCCCCCCCCO. The van der Waals surface area contributed by atoms with E-state index in [-0.39, 0.29) is 5.97 Å². The number of hydrogen-bond donors (Lipinski definition) is 1. The maximum absolute atomic E-state index is 10.5. The van der Waals surface area contributed by atoms with E-state index in [1.807, 2.05) is 0 Å². The van der Waals surface area contributed by atoms with Gasteiger partial charge in [0.05, 0.1) is 6.61 Å². The maximum atomic E-state index is 10.5. The first-order valence-electron chi connectivity index (χ1n) is 7.51. The molecule has 3 nitrogen and oxygen atoms in total. The normalized spacial score (nSPS) is 10.6. The van der Waals surface area contributed by atoms with Crippen LogP contribution in [0.1, 0.15) is 77.6 Å². The lowest BCUT2D eigenvalue weighted by atomic mass is 10.1. The minimum absolute atomic E-state index is 0.170. The molecule has 0 saturated heterocycles. The minimum atomic E-state index is -0.170. The third-order valence-electron chi connectivity index (χ3n) is 3.11. The topological polar surface area (TPSA) is 46.5 Å². The molecule has 0 aromatic carbocycles. The third-order valence-corrected chi connectivity index (χ3v) is 3.11. The lowest BCUT2D eigenvalue weighted by Gasteiger charge is -2.03. The average Bonchev–Trinajstić information content (AvgIpc) is 2.34. The smallest absolute Gasteiger partial charge is 0.302 e. The molecule has 0 bridgehead atoms. The molecule has 0 aromatic heterocycles. The van der Waals surface area contributed by atoms with Gasteiger partial charge in [-0.25, -0.2) is 0 Å². The number of carbonyl (C=O) groups is 1. The number of hydrogen-bond acceptors (Lipinski definition) is 3. The van der Waals surface area contributed by atoms with E-state index in [0.717, 1.165) is 12.8 Å². The van der Waals surface area contributed by atoms with Crippen molar-refractivity contribution in [3.63, 3.8) is 0 Å². The van der Waals surface area contributed by atoms with Crippen molar-refractivity contribution in [3.8, 4) is 0 Å². The Morgan fingerprint density at radius 3 is 1.56 bits per heavy atom. The molecule has 0 aliphatic carbocycles. The van der Waals surface area contributed by atoms with E-state index < -0.39 is 0 Å². The van der Waals surface area contributed by atoms with Crippen LogP contribution in [-0.4, -0.2) is 24.3 Å². The molecule has 0 fully saturated rings. The second-order valence-electron chi connectivity index (χ2n) is 4.95. The fourth-order valence-electron chi connectivity index (χ4n) is 2.02. The molecule has 0 heterocycles. The molecule has 0 aliphatic rings. The first-order valence-corrected chi connectivity index (χ1v) is 7.51. The van der Waals surface area contributed by atoms with Crippen molar-refractivity contribution < 1.29 is 14.6 Å². The van der Waals surface area contributed by atoms with Gasteiger partial charge in [0.15, 0.2) is 0 Å². The highest BCUT2D eigenvalue weighted by molar-refractivity contribution is 5.65. The van der Waals surface area contributed by atoms with Crippen LogP contribution >= 0.6 is 0 Å². The molecule has 3 heteroatoms. The number of ether oxygens (including phenoxy) is 1. The molecule has 108 valence electrons. The monoisotopic (exact) mass is 258 g/mol. The highest BCUT2D eigenvalue weighted by Gasteiger charge is 1.95. The summed E-state index contributed by atoms with van der Waals surface area (Å²) in [6.45, 7) is 2.38. The van der Waals surface area contributed by atoms with E-state index in [1.165, 1.54) is 64.7 Å². The molecule has 0 unspecified atom stereocenters. The van der Waals surface area contributed by atoms with Crippen LogP contribution in [0.3, 0.4) is 0 Å². The Morgan fingerprint density at radius 1 is 0.778 bits per heavy atom. The largest absolute Gasteiger partial charge is 0.466 e. The molecule has 0 saturated carbocycles. The van der Waals surface area contributed by atoms with Crippen LogP contribution in [0.25, 0.3) is 0 Å². The summed E-state index contributed by atoms with van der Waals surface area (Å²) in [7, 11) is 0. The lowest BCUT2D eigenvalue weighted by Crippen LogP contribution is -2.00. The summed E-state index contributed by atoms with van der Waals surface area (Å²) < 4.78 is 4.88. The standard InChI is InChI=1S/C15H30O3/c1-15(17)18-14-12-10-8-6-4-2-3-5-7-9-11-13-16/h16H,2-14H2,1H3. The highest BCUT2D eigenvalue weighted by Crippen LogP contribution is 2.11. The van der Waals surface area contributed by atoms with Crippen molar-refractivity contribution in [3.05, 3.63) is 0 Å². The van der Waals surface area contributed by atoms with Crippen LogP contribution < -0.4 is 0 Å². The quantitative estimate of drug-likeness (QED) is 0.403. The van der Waals surface area contributed by atoms with Gasteiger partial charge in [0.25, 0.3) is 0 Å². The van der Waals surface area contributed by atoms with Crippen molar-refractivity contribution in [2.24, 2.45) is 0 Å². The number of carbonyl (C=O) groups excluding carboxylic acids is 1. The molecule has 0 amide bonds. The molecule has 0 radical (unpaired) electrons. The number of aliphatic hydroxyl groups excluding tert-OH is 1. The van der Waals surface area contributed by atoms with Gasteiger partial charge in [0.2, 0.25) is 0 Å². The summed E-state index contributed by atoms with van der Waals surface area (Å²) in [6.07, 6.45) is 13.4. The molecule has 18 heavy (non-hydrogen) atoms. The molecule has 0 spiro atoms. The Hall–Kier alpha value is -0.570. The van der Waals surface area contributed by atoms with Gasteiger partial charge in [-0.2, -0.15) is 0 Å². The molecular formula is C15H30O3. The summed E-state index contributed by atoms with van der Waals surface area (Å²) in [5.41, 5.74) is 0. The Balaban J connectivity index is 2.92. The molecule has 0 aromatic rings. The van der Waals surface area contributed by atoms with Gasteiger partial charge in [-0.3, -0.25) is 4.79 Å². The van der Waals surface area contributed by atoms with Gasteiger partial charge in [0.1, 0.15) is 0 Å². The molecule has 0 rings (SSSR count). The summed E-state index contributed by atoms with van der Waals surface area (Å²) >= 11 is 0. The minimum Gasteiger partial charge on any atom is -0.466 e. The summed E-state index contributed by atoms with van der Waals surface area (Å²) in [5, 5.41) is 8.63. The second kappa shape index (κ2) is 14.5. The van der Waals surface area contributed by atoms with Gasteiger partial charge in [-0.05, 0) is 12.8 Å². The van der Waals surface area contributed by atoms with Gasteiger partial charge in [0, 0.05) is 13.5 Å². The van der Waals surface area contributed by atoms with Crippen molar-refractivity contribution in [1.29, 1.82) is 0 Å². The fraction of sp³-hybridized carbons (Fsp3) is 0.933. The van der Waals surface area contributed by atoms with E-state index in [0.29, 0.717) is 13.2 Å². The summed E-state index contributed by atoms with van der Waals surface area (Å²) in [6, 6.07) is 0. The Bertz CT molecular complexity index is 181. The summed E-state index contributed by atoms with van der Waals surface area (Å²) in [5.74, 6) is -0.170. The van der Waals surface area contributed by atoms with Gasteiger partial charge < -0.3 is 9.84 Å². The molecule has 1 N–H and O–H groups in total. The predicted octanol–water partition coefficient (Wildman–Crippen LogP) is 3.83. The van der Waals surface area contributed by atoms with E-state index in [1.54, 1.807) is 0 Å². The van der Waals surface area contributed by atoms with E-state index in [4.69, 9.17) is 9.84 Å². The zero-order valence-corrected chi connectivity index (χ0v) is 12.0. The van der Waals surface area contributed by atoms with Crippen molar-refractivity contribution in [2.75, 3.05) is 13.2 Å². The average molecular weight is 258 g/mol. The lowest BCUT2D eigenvalue weighted by molar-refractivity contribution is -0.141. The molecule has 0 aliphatic heterocycles. The van der Waals surface area contributed by atoms with Crippen molar-refractivity contribution in [1.82, 2.24) is 0 Å². The van der Waals surface area contributed by atoms with Crippen molar-refractivity contribution >= 4 is 5.97 Å². The Kier molecular flexibility index (Phi) is 14.0. The van der Waals surface area contributed by atoms with Gasteiger partial charge >= 0.3 is 5.97 Å². The maximum Gasteiger partial charge on any atom is 0.302 e. The molecule has 0 atom stereocenters. The summed E-state index contributed by atoms with van der Waals surface area (Å²) in [4.78, 5) is 10.5. The first-order chi connectivity index (χ1) is 8.77. The number of aliphatic hydroxyl groups is 1. The van der Waals surface area contributed by atoms with Gasteiger partial charge in [-0.1, -0.05) is 57.8 Å². The fourth-order valence-corrected chi connectivity index (χ4v) is 2.02. The Morgan fingerprint density at radius 2 is 1.17 bits per heavy atom. The van der Waals surface area contributed by atoms with Crippen LogP contribution in [0.4, 0.5) is 0 Å². The third kappa shape index (κ3) is 15.4. The van der Waals surface area contributed by atoms with Crippen LogP contribution in [-0.2, 0) is 9.53 Å². The highest BCUT2D eigenvalue weighted by atomic mass is 16.5.